The van der Waals surface area contributed by atoms with Crippen LogP contribution in [0.2, 0.25) is 0 Å². The molecule has 0 aliphatic heterocycles. The van der Waals surface area contributed by atoms with Crippen molar-refractivity contribution in [2.45, 2.75) is 193 Å². The van der Waals surface area contributed by atoms with Crippen LogP contribution < -0.4 is 0 Å². The van der Waals surface area contributed by atoms with Gasteiger partial charge in [-0.2, -0.15) is 0 Å². The number of methoxy groups -OCH3 is 2. The van der Waals surface area contributed by atoms with Crippen LogP contribution in [-0.4, -0.2) is 118 Å². The van der Waals surface area contributed by atoms with Gasteiger partial charge in [-0.25, -0.2) is 0 Å². The summed E-state index contributed by atoms with van der Waals surface area (Å²) in [5.74, 6) is -0.825. The van der Waals surface area contributed by atoms with Gasteiger partial charge in [-0.3, -0.25) is 9.59 Å². The summed E-state index contributed by atoms with van der Waals surface area (Å²) in [5.41, 5.74) is 0. The quantitative estimate of drug-likeness (QED) is 0.0431. The molecule has 57 heavy (non-hydrogen) atoms. The Balaban J connectivity index is 4.84. The van der Waals surface area contributed by atoms with E-state index in [1.807, 2.05) is 0 Å². The lowest BCUT2D eigenvalue weighted by Crippen LogP contribution is -2.34. The van der Waals surface area contributed by atoms with Crippen LogP contribution in [0.5, 0.6) is 0 Å². The molecule has 0 heterocycles. The zero-order valence-electron chi connectivity index (χ0n) is 37.5. The number of unbranched alkanes of at least 4 members (excludes halogenated alkanes) is 22. The highest BCUT2D eigenvalue weighted by atomic mass is 16.6. The Morgan fingerprint density at radius 3 is 1.12 bits per heavy atom. The molecule has 1 atom stereocenters. The number of carbonyl (C=O) groups is 2. The maximum atomic E-state index is 12.4. The topological polar surface area (TPSA) is 117 Å². The molecule has 11 nitrogen and oxygen atoms in total. The summed E-state index contributed by atoms with van der Waals surface area (Å²) in [6, 6.07) is 0. The van der Waals surface area contributed by atoms with Gasteiger partial charge in [0.2, 0.25) is 0 Å². The fourth-order valence-electron chi connectivity index (χ4n) is 6.30. The molecule has 0 fully saturated rings. The highest BCUT2D eigenvalue weighted by Crippen LogP contribution is 2.14. The predicted molar refractivity (Wildman–Crippen MR) is 229 cm³/mol. The van der Waals surface area contributed by atoms with Crippen molar-refractivity contribution in [2.75, 3.05) is 93.5 Å². The van der Waals surface area contributed by atoms with Crippen molar-refractivity contribution >= 4 is 11.9 Å². The van der Waals surface area contributed by atoms with Gasteiger partial charge in [0.05, 0.1) is 65.7 Å². The number of hydrogen-bond donors (Lipinski definition) is 0. The molecule has 0 saturated carbocycles. The van der Waals surface area contributed by atoms with E-state index in [-0.39, 0.29) is 52.0 Å². The molecular formula is C46H90O11. The van der Waals surface area contributed by atoms with E-state index >= 15 is 0 Å². The molecule has 0 radical (unpaired) electrons. The summed E-state index contributed by atoms with van der Waals surface area (Å²) in [7, 11) is 3.19. The Hall–Kier alpha value is -1.34. The van der Waals surface area contributed by atoms with Crippen LogP contribution in [0.25, 0.3) is 0 Å². The largest absolute Gasteiger partial charge is 0.463 e. The van der Waals surface area contributed by atoms with E-state index in [2.05, 4.69) is 13.8 Å². The Labute approximate surface area is 350 Å². The molecule has 0 aromatic heterocycles. The fourth-order valence-corrected chi connectivity index (χ4v) is 6.30. The smallest absolute Gasteiger partial charge is 0.308 e. The summed E-state index contributed by atoms with van der Waals surface area (Å²) in [4.78, 5) is 24.8. The summed E-state index contributed by atoms with van der Waals surface area (Å²) < 4.78 is 50.3. The van der Waals surface area contributed by atoms with Crippen molar-refractivity contribution in [2.24, 2.45) is 0 Å². The highest BCUT2D eigenvalue weighted by molar-refractivity contribution is 5.70. The Kier molecular flexibility index (Phi) is 46.2. The molecule has 1 unspecified atom stereocenters. The zero-order valence-corrected chi connectivity index (χ0v) is 37.5. The van der Waals surface area contributed by atoms with Crippen molar-refractivity contribution in [1.29, 1.82) is 0 Å². The van der Waals surface area contributed by atoms with E-state index in [1.54, 1.807) is 14.2 Å². The molecule has 0 aromatic rings. The average molecular weight is 819 g/mol. The Morgan fingerprint density at radius 1 is 0.351 bits per heavy atom. The monoisotopic (exact) mass is 819 g/mol. The molecule has 340 valence electrons. The van der Waals surface area contributed by atoms with Crippen LogP contribution in [-0.2, 0) is 52.2 Å². The van der Waals surface area contributed by atoms with Crippen LogP contribution in [0.15, 0.2) is 0 Å². The van der Waals surface area contributed by atoms with Crippen molar-refractivity contribution < 1.29 is 52.2 Å². The molecule has 0 rings (SSSR count). The second kappa shape index (κ2) is 47.3. The third-order valence-corrected chi connectivity index (χ3v) is 9.94. The Morgan fingerprint density at radius 2 is 0.719 bits per heavy atom. The minimum Gasteiger partial charge on any atom is -0.463 e. The normalized spacial score (nSPS) is 12.1. The first-order chi connectivity index (χ1) is 28.1. The van der Waals surface area contributed by atoms with Crippen molar-refractivity contribution in [3.8, 4) is 0 Å². The summed E-state index contributed by atoms with van der Waals surface area (Å²) in [5, 5.41) is 0. The maximum absolute atomic E-state index is 12.4. The number of hydrogen-bond acceptors (Lipinski definition) is 11. The molecule has 0 amide bonds. The third-order valence-electron chi connectivity index (χ3n) is 9.94. The Bertz CT molecular complexity index is 785. The van der Waals surface area contributed by atoms with Crippen LogP contribution >= 0.6 is 0 Å². The highest BCUT2D eigenvalue weighted by Gasteiger charge is 2.19. The number of carbonyl (C=O) groups excluding carboxylic acids is 2. The predicted octanol–water partition coefficient (Wildman–Crippen LogP) is 10.4. The van der Waals surface area contributed by atoms with Gasteiger partial charge < -0.3 is 42.6 Å². The van der Waals surface area contributed by atoms with E-state index in [1.165, 1.54) is 135 Å². The minimum atomic E-state index is -0.657. The first-order valence-electron chi connectivity index (χ1n) is 23.3. The van der Waals surface area contributed by atoms with E-state index in [0.29, 0.717) is 46.2 Å². The molecule has 0 aromatic carbocycles. The number of esters is 2. The van der Waals surface area contributed by atoms with Crippen LogP contribution in [0.1, 0.15) is 181 Å². The van der Waals surface area contributed by atoms with Gasteiger partial charge in [0.1, 0.15) is 25.4 Å². The van der Waals surface area contributed by atoms with Crippen molar-refractivity contribution in [3.63, 3.8) is 0 Å². The van der Waals surface area contributed by atoms with E-state index < -0.39 is 18.0 Å². The molecule has 11 heteroatoms. The van der Waals surface area contributed by atoms with Crippen LogP contribution in [0.3, 0.4) is 0 Å². The maximum Gasteiger partial charge on any atom is 0.308 e. The SMILES string of the molecule is CCCCCCCCCCCCCCOCC(COC(COC(=O)CCOCCOC)COC(=O)CCOCCOC)OCCCCCCCCCCCCCC. The molecule has 0 N–H and O–H groups in total. The summed E-state index contributed by atoms with van der Waals surface area (Å²) >= 11 is 0. The lowest BCUT2D eigenvalue weighted by atomic mass is 10.1. The number of rotatable bonds is 48. The second-order valence-corrected chi connectivity index (χ2v) is 15.4. The average Bonchev–Trinajstić information content (AvgIpc) is 3.21. The van der Waals surface area contributed by atoms with Gasteiger partial charge in [0.15, 0.2) is 0 Å². The number of ether oxygens (including phenoxy) is 9. The van der Waals surface area contributed by atoms with Gasteiger partial charge >= 0.3 is 11.9 Å². The standard InChI is InChI=1S/C46H90O11/c1-5-7-9-11-13-15-17-19-21-23-25-27-31-53-39-43(54-32-28-26-24-22-20-18-16-14-12-10-8-6-2)40-55-44(41-56-45(47)29-33-51-37-35-49-3)42-57-46(48)30-34-52-38-36-50-4/h43-44H,5-42H2,1-4H3. The van der Waals surface area contributed by atoms with Crippen molar-refractivity contribution in [3.05, 3.63) is 0 Å². The fraction of sp³-hybridized carbons (Fsp3) is 0.957. The van der Waals surface area contributed by atoms with Gasteiger partial charge in [-0.1, -0.05) is 155 Å². The van der Waals surface area contributed by atoms with Gasteiger partial charge in [0.25, 0.3) is 0 Å². The van der Waals surface area contributed by atoms with Crippen LogP contribution in [0.4, 0.5) is 0 Å². The molecule has 0 bridgehead atoms. The van der Waals surface area contributed by atoms with E-state index in [0.717, 1.165) is 19.3 Å². The molecule has 0 aliphatic rings. The third kappa shape index (κ3) is 44.1. The summed E-state index contributed by atoms with van der Waals surface area (Å²) in [6.45, 7) is 8.59. The zero-order chi connectivity index (χ0) is 41.5. The first-order valence-corrected chi connectivity index (χ1v) is 23.3. The van der Waals surface area contributed by atoms with Gasteiger partial charge in [-0.15, -0.1) is 0 Å². The molecule has 0 spiro atoms. The summed E-state index contributed by atoms with van der Waals surface area (Å²) in [6.07, 6.45) is 30.4. The molecule has 0 saturated heterocycles. The van der Waals surface area contributed by atoms with E-state index in [9.17, 15) is 9.59 Å². The molecular weight excluding hydrogens is 728 g/mol. The second-order valence-electron chi connectivity index (χ2n) is 15.4. The molecule has 0 aliphatic carbocycles. The van der Waals surface area contributed by atoms with Gasteiger partial charge in [0, 0.05) is 27.4 Å². The lowest BCUT2D eigenvalue weighted by Gasteiger charge is -2.23. The minimum absolute atomic E-state index is 0.0559. The van der Waals surface area contributed by atoms with Crippen molar-refractivity contribution in [1.82, 2.24) is 0 Å². The lowest BCUT2D eigenvalue weighted by molar-refractivity contribution is -0.160. The van der Waals surface area contributed by atoms with Gasteiger partial charge in [-0.05, 0) is 12.8 Å². The van der Waals surface area contributed by atoms with Crippen LogP contribution in [0, 0.1) is 0 Å². The first kappa shape index (κ1) is 55.7. The van der Waals surface area contributed by atoms with E-state index in [4.69, 9.17) is 42.6 Å².